The van der Waals surface area contributed by atoms with Gasteiger partial charge < -0.3 is 28.9 Å². The normalized spacial score (nSPS) is 16.0. The quantitative estimate of drug-likeness (QED) is 0.0860. The Morgan fingerprint density at radius 1 is 0.750 bits per heavy atom. The lowest BCUT2D eigenvalue weighted by Crippen LogP contribution is -2.34. The third-order valence-corrected chi connectivity index (χ3v) is 11.9. The molecule has 12 nitrogen and oxygen atoms in total. The Kier molecular flexibility index (Phi) is 13.4. The molecule has 2 aliphatic heterocycles. The van der Waals surface area contributed by atoms with Gasteiger partial charge in [0.25, 0.3) is 0 Å². The minimum absolute atomic E-state index is 0.138. The van der Waals surface area contributed by atoms with Crippen LogP contribution in [0.2, 0.25) is 0 Å². The molecule has 60 heavy (non-hydrogen) atoms. The van der Waals surface area contributed by atoms with Crippen molar-refractivity contribution in [1.82, 2.24) is 19.9 Å². The minimum atomic E-state index is -1.22. The highest BCUT2D eigenvalue weighted by Crippen LogP contribution is 2.52. The van der Waals surface area contributed by atoms with Crippen molar-refractivity contribution >= 4 is 62.7 Å². The maximum atomic E-state index is 13.8. The molecular formula is C48H56N4O8. The van der Waals surface area contributed by atoms with E-state index in [0.29, 0.717) is 54.3 Å². The van der Waals surface area contributed by atoms with Gasteiger partial charge in [0.15, 0.2) is 0 Å². The number of rotatable bonds is 15. The lowest BCUT2D eigenvalue weighted by Gasteiger charge is -2.32. The molecule has 0 fully saturated rings. The summed E-state index contributed by atoms with van der Waals surface area (Å²) in [7, 11) is 2.58. The van der Waals surface area contributed by atoms with E-state index in [9.17, 15) is 19.2 Å². The lowest BCUT2D eigenvalue weighted by molar-refractivity contribution is -0.144. The second kappa shape index (κ2) is 18.5. The Bertz CT molecular complexity index is 2520. The third-order valence-electron chi connectivity index (χ3n) is 11.9. The van der Waals surface area contributed by atoms with Crippen LogP contribution in [0, 0.1) is 13.8 Å². The van der Waals surface area contributed by atoms with Crippen LogP contribution in [0.5, 0.6) is 0 Å². The number of aromatic nitrogens is 4. The number of nitrogens with one attached hydrogen (secondary N) is 2. The molecule has 3 aromatic heterocycles. The third kappa shape index (κ3) is 8.37. The summed E-state index contributed by atoms with van der Waals surface area (Å²) in [5, 5.41) is 0. The lowest BCUT2D eigenvalue weighted by atomic mass is 9.68. The number of H-pyrrole nitrogens is 2. The average Bonchev–Trinajstić information content (AvgIpc) is 3.89. The number of ether oxygens (including phenoxy) is 4. The van der Waals surface area contributed by atoms with Crippen molar-refractivity contribution < 1.29 is 38.1 Å². The molecular weight excluding hydrogens is 761 g/mol. The second-order valence-electron chi connectivity index (χ2n) is 15.6. The number of allylic oxidation sites excluding steroid dienone is 5. The fourth-order valence-electron chi connectivity index (χ4n) is 8.36. The number of carbonyl (C=O) groups is 4. The molecule has 1 aliphatic carbocycles. The first-order chi connectivity index (χ1) is 28.8. The van der Waals surface area contributed by atoms with Crippen LogP contribution in [0.25, 0.3) is 38.8 Å². The van der Waals surface area contributed by atoms with E-state index in [4.69, 9.17) is 28.9 Å². The average molecular weight is 817 g/mol. The molecule has 0 saturated heterocycles. The van der Waals surface area contributed by atoms with Crippen LogP contribution in [0.4, 0.5) is 0 Å². The van der Waals surface area contributed by atoms with Crippen LogP contribution in [-0.4, -0.2) is 71.2 Å². The van der Waals surface area contributed by atoms with E-state index < -0.39 is 17.4 Å². The van der Waals surface area contributed by atoms with Gasteiger partial charge in [0.2, 0.25) is 0 Å². The summed E-state index contributed by atoms with van der Waals surface area (Å²) in [5.41, 5.74) is 10.8. The van der Waals surface area contributed by atoms with Crippen molar-refractivity contribution in [3.8, 4) is 0 Å². The first-order valence-corrected chi connectivity index (χ1v) is 20.8. The number of carbonyl (C=O) groups excluding carboxylic acids is 4. The molecule has 3 aliphatic rings. The highest BCUT2D eigenvalue weighted by atomic mass is 16.5. The monoisotopic (exact) mass is 816 g/mol. The zero-order valence-corrected chi connectivity index (χ0v) is 36.1. The molecule has 0 saturated carbocycles. The predicted molar refractivity (Wildman–Crippen MR) is 233 cm³/mol. The Balaban J connectivity index is 1.68. The maximum absolute atomic E-state index is 13.8. The molecule has 316 valence electrons. The smallest absolute Gasteiger partial charge is 0.335 e. The van der Waals surface area contributed by atoms with Crippen molar-refractivity contribution in [1.29, 1.82) is 0 Å². The van der Waals surface area contributed by atoms with Crippen LogP contribution in [0.1, 0.15) is 118 Å². The summed E-state index contributed by atoms with van der Waals surface area (Å²) < 4.78 is 21.6. The van der Waals surface area contributed by atoms with Gasteiger partial charge in [-0.15, -0.1) is 0 Å². The fraction of sp³-hybridized carbons (Fsp3) is 0.417. The molecule has 1 unspecified atom stereocenters. The number of aryl methyl sites for hydroxylation is 4. The Hall–Kier alpha value is -6.04. The highest BCUT2D eigenvalue weighted by molar-refractivity contribution is 6.08. The number of unbranched alkanes of at least 4 members (excludes halogenated alkanes) is 2. The summed E-state index contributed by atoms with van der Waals surface area (Å²) in [6, 6.07) is 7.82. The standard InChI is InChI=1S/C48H56N4O8/c1-10-13-21-59-43(53)19-16-31-28(5)35-23-38-30(12-3)27(4)36(49-38)24-41-34-18-15-33(46(55)57-8)45(47(56)58-9)48(34,7)42(52-41)26-37-29(6)32(40(51-37)25-39(31)50-35)17-20-44(54)60-22-14-11-2/h12,18,23-26,50-51H,3,10-11,13-17,19-22H2,1-2,4-9H3. The number of esters is 4. The molecule has 6 rings (SSSR count). The number of aromatic amines is 2. The van der Waals surface area contributed by atoms with Crippen LogP contribution < -0.4 is 0 Å². The van der Waals surface area contributed by atoms with Gasteiger partial charge in [-0.1, -0.05) is 45.4 Å². The van der Waals surface area contributed by atoms with E-state index in [1.54, 1.807) is 6.08 Å². The van der Waals surface area contributed by atoms with Gasteiger partial charge in [-0.05, 0) is 117 Å². The van der Waals surface area contributed by atoms with E-state index in [-0.39, 0.29) is 42.3 Å². The summed E-state index contributed by atoms with van der Waals surface area (Å²) in [5.74, 6) is -1.84. The molecule has 0 radical (unpaired) electrons. The van der Waals surface area contributed by atoms with E-state index in [1.807, 2.05) is 65.0 Å². The maximum Gasteiger partial charge on any atom is 0.335 e. The zero-order valence-electron chi connectivity index (χ0n) is 36.1. The fourth-order valence-corrected chi connectivity index (χ4v) is 8.36. The number of hydrogen-bond donors (Lipinski definition) is 2. The number of methoxy groups -OCH3 is 2. The van der Waals surface area contributed by atoms with Crippen molar-refractivity contribution in [3.63, 3.8) is 0 Å². The molecule has 8 bridgehead atoms. The van der Waals surface area contributed by atoms with Gasteiger partial charge in [0.1, 0.15) is 0 Å². The van der Waals surface area contributed by atoms with Gasteiger partial charge >= 0.3 is 23.9 Å². The molecule has 0 aromatic carbocycles. The Labute approximate surface area is 351 Å². The summed E-state index contributed by atoms with van der Waals surface area (Å²) in [4.78, 5) is 70.5. The van der Waals surface area contributed by atoms with Crippen LogP contribution >= 0.6 is 0 Å². The topological polar surface area (TPSA) is 163 Å². The number of hydrogen-bond acceptors (Lipinski definition) is 10. The summed E-state index contributed by atoms with van der Waals surface area (Å²) in [6.07, 6.45) is 8.45. The van der Waals surface area contributed by atoms with Gasteiger partial charge in [-0.25, -0.2) is 14.6 Å². The Morgan fingerprint density at radius 3 is 1.85 bits per heavy atom. The van der Waals surface area contributed by atoms with Crippen molar-refractivity contribution in [3.05, 3.63) is 99.2 Å². The highest BCUT2D eigenvalue weighted by Gasteiger charge is 2.49. The van der Waals surface area contributed by atoms with Gasteiger partial charge in [-0.3, -0.25) is 14.6 Å². The largest absolute Gasteiger partial charge is 0.466 e. The molecule has 1 atom stereocenters. The van der Waals surface area contributed by atoms with Gasteiger partial charge in [0.05, 0.1) is 66.8 Å². The van der Waals surface area contributed by atoms with E-state index in [2.05, 4.69) is 23.5 Å². The van der Waals surface area contributed by atoms with E-state index in [0.717, 1.165) is 81.2 Å². The predicted octanol–water partition coefficient (Wildman–Crippen LogP) is 8.99. The Morgan fingerprint density at radius 2 is 1.32 bits per heavy atom. The molecule has 12 heteroatoms. The SMILES string of the molecule is C=CC1=C(C)c2cc3nc(cc4[nH]c(cc5[nH]c(cc1n2)c(C)c5CCC(=O)OCCCC)c(CCC(=O)OCCCC)c4C)C1(C)C3=CCC(C(=O)OC)=C1C(=O)OC. The molecule has 0 spiro atoms. The number of nitrogens with zero attached hydrogens (tertiary/aromatic N) is 2. The molecule has 3 aromatic rings. The second-order valence-corrected chi connectivity index (χ2v) is 15.6. The summed E-state index contributed by atoms with van der Waals surface area (Å²) in [6.45, 7) is 16.8. The molecule has 2 N–H and O–H groups in total. The van der Waals surface area contributed by atoms with Crippen LogP contribution in [0.3, 0.4) is 0 Å². The van der Waals surface area contributed by atoms with Crippen molar-refractivity contribution in [2.75, 3.05) is 27.4 Å². The molecule has 5 heterocycles. The molecule has 0 amide bonds. The zero-order chi connectivity index (χ0) is 43.3. The minimum Gasteiger partial charge on any atom is -0.466 e. The number of fused-ring (bicyclic) bond motifs is 11. The van der Waals surface area contributed by atoms with E-state index in [1.165, 1.54) is 14.2 Å². The van der Waals surface area contributed by atoms with Crippen LogP contribution in [-0.2, 0) is 56.4 Å². The van der Waals surface area contributed by atoms with Gasteiger partial charge in [-0.2, -0.15) is 0 Å². The first-order valence-electron chi connectivity index (χ1n) is 20.8. The van der Waals surface area contributed by atoms with Crippen LogP contribution in [0.15, 0.2) is 54.1 Å². The first kappa shape index (κ1) is 43.5. The van der Waals surface area contributed by atoms with Gasteiger partial charge in [0, 0.05) is 40.5 Å². The van der Waals surface area contributed by atoms with E-state index >= 15 is 0 Å². The van der Waals surface area contributed by atoms with Crippen molar-refractivity contribution in [2.45, 2.75) is 105 Å². The summed E-state index contributed by atoms with van der Waals surface area (Å²) >= 11 is 0. The van der Waals surface area contributed by atoms with Crippen molar-refractivity contribution in [2.24, 2.45) is 0 Å².